The molecule has 2 aliphatic rings. The largest absolute Gasteiger partial charge is 0.378 e. The maximum absolute atomic E-state index is 12.2. The van der Waals surface area contributed by atoms with Crippen LogP contribution in [0.3, 0.4) is 0 Å². The number of carbonyl (C=O) groups excluding carboxylic acids is 1. The summed E-state index contributed by atoms with van der Waals surface area (Å²) in [5.74, 6) is 0.453. The van der Waals surface area contributed by atoms with E-state index in [0.717, 1.165) is 12.8 Å². The van der Waals surface area contributed by atoms with Gasteiger partial charge < -0.3 is 20.7 Å². The normalized spacial score (nSPS) is 23.4. The Morgan fingerprint density at radius 1 is 1.37 bits per heavy atom. The number of nitrogens with one attached hydrogen (secondary N) is 1. The highest BCUT2D eigenvalue weighted by Crippen LogP contribution is 2.20. The highest BCUT2D eigenvalue weighted by atomic mass is 16.5. The Morgan fingerprint density at radius 3 is 2.63 bits per heavy atom. The van der Waals surface area contributed by atoms with Crippen molar-refractivity contribution in [1.82, 2.24) is 10.2 Å². The maximum atomic E-state index is 12.2. The Bertz CT molecular complexity index is 334. The number of nitrogens with zero attached hydrogens (tertiary/aromatic N) is 2. The van der Waals surface area contributed by atoms with E-state index in [4.69, 9.17) is 10.5 Å². The van der Waals surface area contributed by atoms with Crippen LogP contribution in [0.2, 0.25) is 0 Å². The first-order valence-corrected chi connectivity index (χ1v) is 7.13. The van der Waals surface area contributed by atoms with Gasteiger partial charge in [-0.1, -0.05) is 12.8 Å². The highest BCUT2D eigenvalue weighted by Gasteiger charge is 2.23. The molecule has 2 rings (SSSR count). The van der Waals surface area contributed by atoms with Gasteiger partial charge in [0.2, 0.25) is 5.91 Å². The van der Waals surface area contributed by atoms with Gasteiger partial charge in [0, 0.05) is 13.1 Å². The molecule has 0 aromatic rings. The van der Waals surface area contributed by atoms with E-state index in [0.29, 0.717) is 38.3 Å². The fraction of sp³-hybridized carbons (Fsp3) is 0.846. The SMILES string of the molecule is CC(NC(N)=NC1CCCC1)C(=O)N1CCOCC1. The number of morpholine rings is 1. The molecule has 2 fully saturated rings. The van der Waals surface area contributed by atoms with E-state index in [1.54, 1.807) is 0 Å². The van der Waals surface area contributed by atoms with Gasteiger partial charge in [0.15, 0.2) is 5.96 Å². The lowest BCUT2D eigenvalue weighted by atomic mass is 10.2. The van der Waals surface area contributed by atoms with Crippen LogP contribution in [0, 0.1) is 0 Å². The standard InChI is InChI=1S/C13H24N4O2/c1-10(12(18)17-6-8-19-9-7-17)15-13(14)16-11-4-2-3-5-11/h10-11H,2-9H2,1H3,(H3,14,15,16). The third-order valence-electron chi connectivity index (χ3n) is 3.70. The molecule has 6 heteroatoms. The molecule has 3 N–H and O–H groups in total. The third kappa shape index (κ3) is 4.09. The predicted octanol–water partition coefficient (Wildman–Crippen LogP) is 0.0806. The van der Waals surface area contributed by atoms with Crippen LogP contribution < -0.4 is 11.1 Å². The lowest BCUT2D eigenvalue weighted by Gasteiger charge is -2.29. The van der Waals surface area contributed by atoms with Gasteiger partial charge in [-0.25, -0.2) is 0 Å². The summed E-state index contributed by atoms with van der Waals surface area (Å²) in [5.41, 5.74) is 5.87. The lowest BCUT2D eigenvalue weighted by Crippen LogP contribution is -2.52. The Hall–Kier alpha value is -1.30. The molecule has 19 heavy (non-hydrogen) atoms. The maximum Gasteiger partial charge on any atom is 0.245 e. The number of ether oxygens (including phenoxy) is 1. The van der Waals surface area contributed by atoms with Crippen LogP contribution in [0.4, 0.5) is 0 Å². The number of rotatable bonds is 3. The minimum atomic E-state index is -0.330. The summed E-state index contributed by atoms with van der Waals surface area (Å²) in [6.07, 6.45) is 4.66. The summed E-state index contributed by atoms with van der Waals surface area (Å²) >= 11 is 0. The number of hydrogen-bond donors (Lipinski definition) is 2. The molecule has 0 aromatic carbocycles. The number of guanidine groups is 1. The Kier molecular flexibility index (Phi) is 5.01. The van der Waals surface area contributed by atoms with Gasteiger partial charge in [0.25, 0.3) is 0 Å². The Labute approximate surface area is 114 Å². The molecule has 1 saturated heterocycles. The van der Waals surface area contributed by atoms with E-state index in [-0.39, 0.29) is 11.9 Å². The monoisotopic (exact) mass is 268 g/mol. The van der Waals surface area contributed by atoms with E-state index in [2.05, 4.69) is 10.3 Å². The number of amides is 1. The number of hydrogen-bond acceptors (Lipinski definition) is 3. The molecular formula is C13H24N4O2. The zero-order chi connectivity index (χ0) is 13.7. The summed E-state index contributed by atoms with van der Waals surface area (Å²) in [5, 5.41) is 3.00. The van der Waals surface area contributed by atoms with Gasteiger partial charge in [-0.2, -0.15) is 0 Å². The van der Waals surface area contributed by atoms with Crippen molar-refractivity contribution in [3.05, 3.63) is 0 Å². The molecule has 1 atom stereocenters. The minimum absolute atomic E-state index is 0.0628. The fourth-order valence-corrected chi connectivity index (χ4v) is 2.61. The summed E-state index contributed by atoms with van der Waals surface area (Å²) in [7, 11) is 0. The van der Waals surface area contributed by atoms with Gasteiger partial charge >= 0.3 is 0 Å². The van der Waals surface area contributed by atoms with Crippen molar-refractivity contribution in [2.24, 2.45) is 10.7 Å². The minimum Gasteiger partial charge on any atom is -0.378 e. The molecule has 1 aliphatic carbocycles. The van der Waals surface area contributed by atoms with Crippen molar-refractivity contribution in [2.75, 3.05) is 26.3 Å². The smallest absolute Gasteiger partial charge is 0.245 e. The summed E-state index contributed by atoms with van der Waals surface area (Å²) in [4.78, 5) is 18.4. The summed E-state index contributed by atoms with van der Waals surface area (Å²) in [6.45, 7) is 4.37. The van der Waals surface area contributed by atoms with Crippen LogP contribution in [-0.4, -0.2) is 55.2 Å². The highest BCUT2D eigenvalue weighted by molar-refractivity contribution is 5.88. The number of carbonyl (C=O) groups is 1. The second-order valence-electron chi connectivity index (χ2n) is 5.26. The number of aliphatic imine (C=N–C) groups is 1. The first-order chi connectivity index (χ1) is 9.16. The molecule has 108 valence electrons. The van der Waals surface area contributed by atoms with Gasteiger partial charge in [0.05, 0.1) is 19.3 Å². The van der Waals surface area contributed by atoms with Crippen LogP contribution in [0.25, 0.3) is 0 Å². The second kappa shape index (κ2) is 6.75. The first-order valence-electron chi connectivity index (χ1n) is 7.13. The van der Waals surface area contributed by atoms with Crippen LogP contribution >= 0.6 is 0 Å². The average molecular weight is 268 g/mol. The quantitative estimate of drug-likeness (QED) is 0.561. The Balaban J connectivity index is 1.81. The predicted molar refractivity (Wildman–Crippen MR) is 73.9 cm³/mol. The van der Waals surface area contributed by atoms with Crippen molar-refractivity contribution in [3.63, 3.8) is 0 Å². The fourth-order valence-electron chi connectivity index (χ4n) is 2.61. The zero-order valence-corrected chi connectivity index (χ0v) is 11.6. The van der Waals surface area contributed by atoms with E-state index >= 15 is 0 Å². The number of nitrogens with two attached hydrogens (primary N) is 1. The van der Waals surface area contributed by atoms with E-state index in [9.17, 15) is 4.79 Å². The topological polar surface area (TPSA) is 79.9 Å². The van der Waals surface area contributed by atoms with E-state index < -0.39 is 0 Å². The molecule has 0 aromatic heterocycles. The molecule has 1 aliphatic heterocycles. The molecule has 0 radical (unpaired) electrons. The molecule has 0 bridgehead atoms. The van der Waals surface area contributed by atoms with Crippen LogP contribution in [-0.2, 0) is 9.53 Å². The molecule has 1 saturated carbocycles. The molecule has 1 amide bonds. The third-order valence-corrected chi connectivity index (χ3v) is 3.70. The van der Waals surface area contributed by atoms with Gasteiger partial charge in [-0.05, 0) is 19.8 Å². The van der Waals surface area contributed by atoms with Crippen molar-refractivity contribution in [2.45, 2.75) is 44.7 Å². The average Bonchev–Trinajstić information content (AvgIpc) is 2.91. The van der Waals surface area contributed by atoms with Gasteiger partial charge in [0.1, 0.15) is 6.04 Å². The van der Waals surface area contributed by atoms with Crippen LogP contribution in [0.1, 0.15) is 32.6 Å². The van der Waals surface area contributed by atoms with Crippen LogP contribution in [0.5, 0.6) is 0 Å². The van der Waals surface area contributed by atoms with Gasteiger partial charge in [-0.15, -0.1) is 0 Å². The zero-order valence-electron chi connectivity index (χ0n) is 11.6. The molecule has 0 spiro atoms. The Morgan fingerprint density at radius 2 is 2.00 bits per heavy atom. The second-order valence-corrected chi connectivity index (χ2v) is 5.26. The van der Waals surface area contributed by atoms with E-state index in [1.165, 1.54) is 12.8 Å². The lowest BCUT2D eigenvalue weighted by molar-refractivity contribution is -0.136. The van der Waals surface area contributed by atoms with Crippen molar-refractivity contribution < 1.29 is 9.53 Å². The van der Waals surface area contributed by atoms with Crippen molar-refractivity contribution in [1.29, 1.82) is 0 Å². The molecular weight excluding hydrogens is 244 g/mol. The summed E-state index contributed by atoms with van der Waals surface area (Å²) < 4.78 is 5.24. The van der Waals surface area contributed by atoms with Crippen molar-refractivity contribution >= 4 is 11.9 Å². The molecule has 6 nitrogen and oxygen atoms in total. The van der Waals surface area contributed by atoms with Crippen LogP contribution in [0.15, 0.2) is 4.99 Å². The first kappa shape index (κ1) is 14.1. The molecule has 1 heterocycles. The van der Waals surface area contributed by atoms with E-state index in [1.807, 2.05) is 11.8 Å². The van der Waals surface area contributed by atoms with Crippen molar-refractivity contribution in [3.8, 4) is 0 Å². The van der Waals surface area contributed by atoms with Gasteiger partial charge in [-0.3, -0.25) is 9.79 Å². The summed E-state index contributed by atoms with van der Waals surface area (Å²) in [6, 6.07) is 0.00133. The molecule has 1 unspecified atom stereocenters.